The van der Waals surface area contributed by atoms with Gasteiger partial charge in [0, 0.05) is 19.8 Å². The minimum absolute atomic E-state index is 0.101. The molecular formula is C11H15N3O5. The molecule has 1 aromatic heterocycles. The van der Waals surface area contributed by atoms with Gasteiger partial charge in [-0.3, -0.25) is 19.4 Å². The molecule has 8 nitrogen and oxygen atoms in total. The highest BCUT2D eigenvalue weighted by molar-refractivity contribution is 5.93. The third-order valence-corrected chi connectivity index (χ3v) is 2.55. The Kier molecular flexibility index (Phi) is 4.62. The van der Waals surface area contributed by atoms with Crippen LogP contribution in [0.4, 0.5) is 0 Å². The number of carbonyl (C=O) groups is 2. The van der Waals surface area contributed by atoms with Crippen LogP contribution in [0.3, 0.4) is 0 Å². The Morgan fingerprint density at radius 2 is 2.05 bits per heavy atom. The van der Waals surface area contributed by atoms with E-state index in [0.29, 0.717) is 0 Å². The minimum Gasteiger partial charge on any atom is -0.469 e. The van der Waals surface area contributed by atoms with Gasteiger partial charge in [-0.15, -0.1) is 0 Å². The van der Waals surface area contributed by atoms with Crippen LogP contribution in [0.15, 0.2) is 15.8 Å². The molecule has 0 aliphatic heterocycles. The van der Waals surface area contributed by atoms with Gasteiger partial charge in [0.1, 0.15) is 5.56 Å². The second kappa shape index (κ2) is 5.98. The summed E-state index contributed by atoms with van der Waals surface area (Å²) in [4.78, 5) is 50.9. The zero-order chi connectivity index (χ0) is 14.6. The first-order chi connectivity index (χ1) is 8.86. The minimum atomic E-state index is -0.772. The Balaban J connectivity index is 2.85. The maximum Gasteiger partial charge on any atom is 0.325 e. The number of amides is 1. The SMILES string of the molecule is COC(=O)C(C)CN(C)C(=O)c1c[nH]c(=O)[nH]c1=O. The van der Waals surface area contributed by atoms with E-state index in [9.17, 15) is 19.2 Å². The van der Waals surface area contributed by atoms with Crippen molar-refractivity contribution in [1.29, 1.82) is 0 Å². The zero-order valence-electron chi connectivity index (χ0n) is 10.9. The summed E-state index contributed by atoms with van der Waals surface area (Å²) in [5.74, 6) is -1.55. The zero-order valence-corrected chi connectivity index (χ0v) is 10.9. The van der Waals surface area contributed by atoms with Gasteiger partial charge in [0.05, 0.1) is 13.0 Å². The van der Waals surface area contributed by atoms with Crippen LogP contribution in [0.5, 0.6) is 0 Å². The topological polar surface area (TPSA) is 112 Å². The van der Waals surface area contributed by atoms with Crippen LogP contribution in [0.1, 0.15) is 17.3 Å². The predicted octanol–water partition coefficient (Wildman–Crippen LogP) is -1.06. The van der Waals surface area contributed by atoms with Gasteiger partial charge in [-0.05, 0) is 0 Å². The van der Waals surface area contributed by atoms with Gasteiger partial charge >= 0.3 is 11.7 Å². The molecule has 1 heterocycles. The van der Waals surface area contributed by atoms with Gasteiger partial charge in [-0.2, -0.15) is 0 Å². The number of H-pyrrole nitrogens is 2. The van der Waals surface area contributed by atoms with E-state index in [0.717, 1.165) is 6.20 Å². The first-order valence-corrected chi connectivity index (χ1v) is 5.52. The lowest BCUT2D eigenvalue weighted by Crippen LogP contribution is -2.38. The Labute approximate surface area is 108 Å². The molecule has 1 unspecified atom stereocenters. The molecule has 1 atom stereocenters. The van der Waals surface area contributed by atoms with E-state index in [2.05, 4.69) is 9.72 Å². The third kappa shape index (κ3) is 3.54. The van der Waals surface area contributed by atoms with Crippen molar-refractivity contribution in [3.63, 3.8) is 0 Å². The molecule has 0 aromatic carbocycles. The third-order valence-electron chi connectivity index (χ3n) is 2.55. The van der Waals surface area contributed by atoms with Crippen LogP contribution in [0.25, 0.3) is 0 Å². The molecule has 0 aliphatic rings. The number of aromatic amines is 2. The van der Waals surface area contributed by atoms with Gasteiger partial charge < -0.3 is 14.6 Å². The Morgan fingerprint density at radius 1 is 1.42 bits per heavy atom. The Hall–Kier alpha value is -2.38. The number of ether oxygens (including phenoxy) is 1. The van der Waals surface area contributed by atoms with Crippen molar-refractivity contribution in [1.82, 2.24) is 14.9 Å². The van der Waals surface area contributed by atoms with Crippen LogP contribution in [0.2, 0.25) is 0 Å². The molecule has 0 aliphatic carbocycles. The molecule has 1 rings (SSSR count). The lowest BCUT2D eigenvalue weighted by atomic mass is 10.1. The highest BCUT2D eigenvalue weighted by Gasteiger charge is 2.21. The van der Waals surface area contributed by atoms with Gasteiger partial charge in [0.15, 0.2) is 0 Å². The molecule has 1 amide bonds. The van der Waals surface area contributed by atoms with E-state index in [-0.39, 0.29) is 12.1 Å². The van der Waals surface area contributed by atoms with E-state index >= 15 is 0 Å². The van der Waals surface area contributed by atoms with E-state index in [1.165, 1.54) is 19.1 Å². The van der Waals surface area contributed by atoms with E-state index < -0.39 is 29.0 Å². The van der Waals surface area contributed by atoms with E-state index in [1.807, 2.05) is 4.98 Å². The molecule has 2 N–H and O–H groups in total. The van der Waals surface area contributed by atoms with Crippen molar-refractivity contribution in [2.45, 2.75) is 6.92 Å². The molecule has 0 saturated carbocycles. The van der Waals surface area contributed by atoms with Crippen molar-refractivity contribution < 1.29 is 14.3 Å². The fraction of sp³-hybridized carbons (Fsp3) is 0.455. The van der Waals surface area contributed by atoms with Gasteiger partial charge in [0.25, 0.3) is 11.5 Å². The molecular weight excluding hydrogens is 254 g/mol. The lowest BCUT2D eigenvalue weighted by molar-refractivity contribution is -0.145. The van der Waals surface area contributed by atoms with Gasteiger partial charge in [0.2, 0.25) is 0 Å². The summed E-state index contributed by atoms with van der Waals surface area (Å²) in [5, 5.41) is 0. The molecule has 0 spiro atoms. The lowest BCUT2D eigenvalue weighted by Gasteiger charge is -2.19. The molecule has 8 heteroatoms. The number of nitrogens with one attached hydrogen (secondary N) is 2. The number of esters is 1. The summed E-state index contributed by atoms with van der Waals surface area (Å²) in [5.41, 5.74) is -1.65. The molecule has 104 valence electrons. The molecule has 0 radical (unpaired) electrons. The number of hydrogen-bond donors (Lipinski definition) is 2. The van der Waals surface area contributed by atoms with Crippen LogP contribution < -0.4 is 11.2 Å². The fourth-order valence-corrected chi connectivity index (χ4v) is 1.54. The number of methoxy groups -OCH3 is 1. The van der Waals surface area contributed by atoms with Crippen molar-refractivity contribution in [2.75, 3.05) is 20.7 Å². The Bertz CT molecular complexity index is 588. The molecule has 19 heavy (non-hydrogen) atoms. The molecule has 1 aromatic rings. The predicted molar refractivity (Wildman–Crippen MR) is 65.8 cm³/mol. The summed E-state index contributed by atoms with van der Waals surface area (Å²) >= 11 is 0. The molecule has 0 saturated heterocycles. The van der Waals surface area contributed by atoms with Crippen molar-refractivity contribution >= 4 is 11.9 Å². The second-order valence-corrected chi connectivity index (χ2v) is 4.10. The largest absolute Gasteiger partial charge is 0.469 e. The molecule has 0 fully saturated rings. The van der Waals surface area contributed by atoms with Crippen LogP contribution in [-0.2, 0) is 9.53 Å². The number of aromatic nitrogens is 2. The van der Waals surface area contributed by atoms with Crippen LogP contribution >= 0.6 is 0 Å². The number of nitrogens with zero attached hydrogens (tertiary/aromatic N) is 1. The highest BCUT2D eigenvalue weighted by atomic mass is 16.5. The standard InChI is InChI=1S/C11H15N3O5/c1-6(10(17)19-3)5-14(2)9(16)7-4-12-11(18)13-8(7)15/h4,6H,5H2,1-3H3,(H2,12,13,15,18). The van der Waals surface area contributed by atoms with Crippen molar-refractivity contribution in [3.05, 3.63) is 32.6 Å². The average molecular weight is 269 g/mol. The second-order valence-electron chi connectivity index (χ2n) is 4.10. The van der Waals surface area contributed by atoms with E-state index in [1.54, 1.807) is 6.92 Å². The highest BCUT2D eigenvalue weighted by Crippen LogP contribution is 2.03. The normalized spacial score (nSPS) is 11.7. The average Bonchev–Trinajstić information content (AvgIpc) is 2.36. The monoisotopic (exact) mass is 269 g/mol. The summed E-state index contributed by atoms with van der Waals surface area (Å²) in [6.45, 7) is 1.71. The number of rotatable bonds is 4. The summed E-state index contributed by atoms with van der Waals surface area (Å²) < 4.78 is 4.55. The van der Waals surface area contributed by atoms with Crippen molar-refractivity contribution in [3.8, 4) is 0 Å². The Morgan fingerprint density at radius 3 is 2.58 bits per heavy atom. The summed E-state index contributed by atoms with van der Waals surface area (Å²) in [6.07, 6.45) is 1.04. The smallest absolute Gasteiger partial charge is 0.325 e. The van der Waals surface area contributed by atoms with Gasteiger partial charge in [-0.25, -0.2) is 4.79 Å². The van der Waals surface area contributed by atoms with Crippen molar-refractivity contribution in [2.24, 2.45) is 5.92 Å². The van der Waals surface area contributed by atoms with Crippen LogP contribution in [-0.4, -0.2) is 47.4 Å². The first kappa shape index (κ1) is 14.7. The summed E-state index contributed by atoms with van der Waals surface area (Å²) in [6, 6.07) is 0. The quantitative estimate of drug-likeness (QED) is 0.677. The van der Waals surface area contributed by atoms with Crippen LogP contribution in [0, 0.1) is 5.92 Å². The first-order valence-electron chi connectivity index (χ1n) is 5.52. The van der Waals surface area contributed by atoms with E-state index in [4.69, 9.17) is 0 Å². The molecule has 0 bridgehead atoms. The number of carbonyl (C=O) groups excluding carboxylic acids is 2. The maximum absolute atomic E-state index is 12.0. The van der Waals surface area contributed by atoms with Gasteiger partial charge in [-0.1, -0.05) is 6.92 Å². The summed E-state index contributed by atoms with van der Waals surface area (Å²) in [7, 11) is 2.71. The maximum atomic E-state index is 12.0. The number of hydrogen-bond acceptors (Lipinski definition) is 5. The fourth-order valence-electron chi connectivity index (χ4n) is 1.54.